The number of fused-ring (bicyclic) bond motifs is 1. The Labute approximate surface area is 80.0 Å². The van der Waals surface area contributed by atoms with Gasteiger partial charge in [0.25, 0.3) is 0 Å². The molecule has 0 N–H and O–H groups in total. The number of hydrogen-bond acceptors (Lipinski definition) is 2. The molecule has 0 amide bonds. The minimum atomic E-state index is 0.850. The van der Waals surface area contributed by atoms with Gasteiger partial charge in [0.15, 0.2) is 0 Å². The lowest BCUT2D eigenvalue weighted by atomic mass is 10.2. The van der Waals surface area contributed by atoms with Crippen molar-refractivity contribution in [2.24, 2.45) is 0 Å². The van der Waals surface area contributed by atoms with Gasteiger partial charge in [0.05, 0.1) is 4.34 Å². The molecular weight excluding hydrogens is 190 g/mol. The number of pyridine rings is 1. The van der Waals surface area contributed by atoms with E-state index in [-0.39, 0.29) is 0 Å². The van der Waals surface area contributed by atoms with E-state index in [1.165, 1.54) is 5.39 Å². The van der Waals surface area contributed by atoms with Gasteiger partial charge in [0.1, 0.15) is 4.83 Å². The first-order valence-electron chi connectivity index (χ1n) is 3.71. The molecular formula is C9H8ClNS. The maximum atomic E-state index is 5.98. The molecule has 0 atom stereocenters. The SMILES string of the molecule is Cc1ccc2c(C)c(Cl)sc2n1. The fourth-order valence-corrected chi connectivity index (χ4v) is 2.44. The first-order valence-corrected chi connectivity index (χ1v) is 4.90. The van der Waals surface area contributed by atoms with Crippen molar-refractivity contribution in [2.45, 2.75) is 13.8 Å². The van der Waals surface area contributed by atoms with E-state index in [9.17, 15) is 0 Å². The lowest BCUT2D eigenvalue weighted by Gasteiger charge is -1.91. The van der Waals surface area contributed by atoms with Crippen LogP contribution in [0.3, 0.4) is 0 Å². The summed E-state index contributed by atoms with van der Waals surface area (Å²) >= 11 is 7.53. The van der Waals surface area contributed by atoms with Crippen molar-refractivity contribution in [1.29, 1.82) is 0 Å². The molecule has 2 heterocycles. The fraction of sp³-hybridized carbons (Fsp3) is 0.222. The molecule has 1 nitrogen and oxygen atoms in total. The minimum Gasteiger partial charge on any atom is -0.242 e. The van der Waals surface area contributed by atoms with Crippen LogP contribution in [0.5, 0.6) is 0 Å². The topological polar surface area (TPSA) is 12.9 Å². The third-order valence-electron chi connectivity index (χ3n) is 1.88. The summed E-state index contributed by atoms with van der Waals surface area (Å²) in [6.45, 7) is 4.01. The second-order valence-electron chi connectivity index (χ2n) is 2.81. The molecule has 62 valence electrons. The predicted octanol–water partition coefficient (Wildman–Crippen LogP) is 3.57. The molecule has 0 saturated carbocycles. The predicted molar refractivity (Wildman–Crippen MR) is 54.1 cm³/mol. The lowest BCUT2D eigenvalue weighted by molar-refractivity contribution is 1.27. The largest absolute Gasteiger partial charge is 0.242 e. The van der Waals surface area contributed by atoms with Crippen molar-refractivity contribution in [1.82, 2.24) is 4.98 Å². The highest BCUT2D eigenvalue weighted by Crippen LogP contribution is 2.32. The van der Waals surface area contributed by atoms with E-state index in [0.717, 1.165) is 20.4 Å². The Balaban J connectivity index is 2.87. The van der Waals surface area contributed by atoms with E-state index >= 15 is 0 Å². The zero-order valence-electron chi connectivity index (χ0n) is 6.89. The maximum absolute atomic E-state index is 5.98. The van der Waals surface area contributed by atoms with Gasteiger partial charge in [-0.05, 0) is 31.5 Å². The third-order valence-corrected chi connectivity index (χ3v) is 3.39. The summed E-state index contributed by atoms with van der Waals surface area (Å²) in [4.78, 5) is 5.43. The van der Waals surface area contributed by atoms with Crippen LogP contribution in [0.15, 0.2) is 12.1 Å². The van der Waals surface area contributed by atoms with E-state index in [1.807, 2.05) is 19.9 Å². The van der Waals surface area contributed by atoms with Crippen molar-refractivity contribution < 1.29 is 0 Å². The van der Waals surface area contributed by atoms with E-state index in [1.54, 1.807) is 11.3 Å². The molecule has 2 aromatic rings. The van der Waals surface area contributed by atoms with E-state index < -0.39 is 0 Å². The molecule has 0 saturated heterocycles. The molecule has 12 heavy (non-hydrogen) atoms. The Morgan fingerprint density at radius 3 is 2.83 bits per heavy atom. The average molecular weight is 198 g/mol. The summed E-state index contributed by atoms with van der Waals surface area (Å²) in [7, 11) is 0. The summed E-state index contributed by atoms with van der Waals surface area (Å²) in [6, 6.07) is 4.09. The van der Waals surface area contributed by atoms with Gasteiger partial charge in [-0.1, -0.05) is 11.6 Å². The highest BCUT2D eigenvalue weighted by atomic mass is 35.5. The summed E-state index contributed by atoms with van der Waals surface area (Å²) in [5.41, 5.74) is 2.18. The highest BCUT2D eigenvalue weighted by Gasteiger charge is 2.06. The summed E-state index contributed by atoms with van der Waals surface area (Å²) in [5, 5.41) is 1.18. The zero-order chi connectivity index (χ0) is 8.72. The van der Waals surface area contributed by atoms with Crippen LogP contribution in [-0.4, -0.2) is 4.98 Å². The van der Waals surface area contributed by atoms with Gasteiger partial charge in [-0.25, -0.2) is 4.98 Å². The van der Waals surface area contributed by atoms with Crippen LogP contribution in [-0.2, 0) is 0 Å². The number of aromatic nitrogens is 1. The number of thiophene rings is 1. The van der Waals surface area contributed by atoms with Crippen molar-refractivity contribution >= 4 is 33.2 Å². The normalized spacial score (nSPS) is 10.9. The molecule has 0 aliphatic carbocycles. The number of nitrogens with zero attached hydrogens (tertiary/aromatic N) is 1. The Morgan fingerprint density at radius 2 is 2.08 bits per heavy atom. The number of aryl methyl sites for hydroxylation is 2. The maximum Gasteiger partial charge on any atom is 0.125 e. The molecule has 3 heteroatoms. The highest BCUT2D eigenvalue weighted by molar-refractivity contribution is 7.22. The average Bonchev–Trinajstić information content (AvgIpc) is 2.28. The quantitative estimate of drug-likeness (QED) is 0.629. The summed E-state index contributed by atoms with van der Waals surface area (Å²) in [6.07, 6.45) is 0. The number of halogens is 1. The van der Waals surface area contributed by atoms with Gasteiger partial charge < -0.3 is 0 Å². The molecule has 2 aromatic heterocycles. The van der Waals surface area contributed by atoms with Crippen LogP contribution >= 0.6 is 22.9 Å². The smallest absolute Gasteiger partial charge is 0.125 e. The second-order valence-corrected chi connectivity index (χ2v) is 4.41. The van der Waals surface area contributed by atoms with Crippen molar-refractivity contribution in [2.75, 3.05) is 0 Å². The fourth-order valence-electron chi connectivity index (χ4n) is 1.16. The lowest BCUT2D eigenvalue weighted by Crippen LogP contribution is -1.77. The van der Waals surface area contributed by atoms with Gasteiger partial charge >= 0.3 is 0 Å². The minimum absolute atomic E-state index is 0.850. The van der Waals surface area contributed by atoms with Gasteiger partial charge in [0.2, 0.25) is 0 Å². The Morgan fingerprint density at radius 1 is 1.33 bits per heavy atom. The molecule has 0 fully saturated rings. The Kier molecular flexibility index (Phi) is 1.81. The van der Waals surface area contributed by atoms with Crippen LogP contribution in [0.2, 0.25) is 4.34 Å². The molecule has 0 aliphatic rings. The molecule has 2 rings (SSSR count). The zero-order valence-corrected chi connectivity index (χ0v) is 8.46. The molecule has 0 bridgehead atoms. The first-order chi connectivity index (χ1) is 5.68. The van der Waals surface area contributed by atoms with Crippen LogP contribution in [0.4, 0.5) is 0 Å². The van der Waals surface area contributed by atoms with Crippen molar-refractivity contribution in [3.63, 3.8) is 0 Å². The molecule has 0 spiro atoms. The van der Waals surface area contributed by atoms with Gasteiger partial charge in [-0.2, -0.15) is 0 Å². The van der Waals surface area contributed by atoms with E-state index in [2.05, 4.69) is 11.1 Å². The summed E-state index contributed by atoms with van der Waals surface area (Å²) < 4.78 is 0.850. The standard InChI is InChI=1S/C9H8ClNS/c1-5-3-4-7-6(2)8(10)12-9(7)11-5/h3-4H,1-2H3. The van der Waals surface area contributed by atoms with Crippen LogP contribution in [0, 0.1) is 13.8 Å². The first kappa shape index (κ1) is 8.02. The second kappa shape index (κ2) is 2.71. The van der Waals surface area contributed by atoms with Crippen LogP contribution < -0.4 is 0 Å². The molecule has 0 aliphatic heterocycles. The number of hydrogen-bond donors (Lipinski definition) is 0. The Hall–Kier alpha value is -0.600. The summed E-state index contributed by atoms with van der Waals surface area (Å²) in [5.74, 6) is 0. The van der Waals surface area contributed by atoms with Crippen molar-refractivity contribution in [3.05, 3.63) is 27.7 Å². The van der Waals surface area contributed by atoms with Crippen LogP contribution in [0.1, 0.15) is 11.3 Å². The van der Waals surface area contributed by atoms with Crippen molar-refractivity contribution in [3.8, 4) is 0 Å². The molecule has 0 radical (unpaired) electrons. The van der Waals surface area contributed by atoms with E-state index in [0.29, 0.717) is 0 Å². The molecule has 0 aromatic carbocycles. The Bertz CT molecular complexity index is 433. The van der Waals surface area contributed by atoms with Crippen LogP contribution in [0.25, 0.3) is 10.2 Å². The third kappa shape index (κ3) is 1.11. The van der Waals surface area contributed by atoms with Gasteiger partial charge in [0, 0.05) is 11.1 Å². The van der Waals surface area contributed by atoms with Gasteiger partial charge in [-0.15, -0.1) is 11.3 Å². The number of rotatable bonds is 0. The molecule has 0 unspecified atom stereocenters. The van der Waals surface area contributed by atoms with E-state index in [4.69, 9.17) is 11.6 Å². The monoisotopic (exact) mass is 197 g/mol. The van der Waals surface area contributed by atoms with Gasteiger partial charge in [-0.3, -0.25) is 0 Å².